The fourth-order valence-corrected chi connectivity index (χ4v) is 3.32. The van der Waals surface area contributed by atoms with E-state index in [-0.39, 0.29) is 30.0 Å². The fraction of sp³-hybridized carbons (Fsp3) is 0.800. The van der Waals surface area contributed by atoms with Crippen molar-refractivity contribution < 1.29 is 18.0 Å². The number of hydrogen-bond acceptors (Lipinski definition) is 4. The molecule has 18 heavy (non-hydrogen) atoms. The molecule has 1 rings (SSSR count). The lowest BCUT2D eigenvalue weighted by molar-refractivity contribution is -0.120. The highest BCUT2D eigenvalue weighted by molar-refractivity contribution is 7.91. The minimum absolute atomic E-state index is 0.0131. The minimum Gasteiger partial charge on any atom is -0.351 e. The van der Waals surface area contributed by atoms with E-state index in [1.807, 2.05) is 6.92 Å². The highest BCUT2D eigenvalue weighted by atomic mass is 32.2. The summed E-state index contributed by atoms with van der Waals surface area (Å²) >= 11 is 0. The summed E-state index contributed by atoms with van der Waals surface area (Å²) in [5, 5.41) is 7.55. The fourth-order valence-electron chi connectivity index (χ4n) is 1.65. The van der Waals surface area contributed by atoms with Crippen LogP contribution >= 0.6 is 0 Å². The highest BCUT2D eigenvalue weighted by Gasteiger charge is 2.28. The Morgan fingerprint density at radius 3 is 2.56 bits per heavy atom. The first-order chi connectivity index (χ1) is 8.43. The lowest BCUT2D eigenvalue weighted by Crippen LogP contribution is -2.45. The van der Waals surface area contributed by atoms with E-state index < -0.39 is 15.9 Å². The van der Waals surface area contributed by atoms with E-state index in [1.165, 1.54) is 0 Å². The molecule has 1 aliphatic rings. The Labute approximate surface area is 107 Å². The number of urea groups is 1. The summed E-state index contributed by atoms with van der Waals surface area (Å²) in [5.74, 6) is -0.271. The molecule has 3 amide bonds. The second-order valence-corrected chi connectivity index (χ2v) is 6.51. The molecule has 1 unspecified atom stereocenters. The largest absolute Gasteiger partial charge is 0.351 e. The first kappa shape index (κ1) is 14.7. The molecular weight excluding hydrogens is 258 g/mol. The summed E-state index contributed by atoms with van der Waals surface area (Å²) in [6, 6.07) is -0.728. The summed E-state index contributed by atoms with van der Waals surface area (Å²) in [4.78, 5) is 22.6. The number of amides is 3. The van der Waals surface area contributed by atoms with E-state index in [9.17, 15) is 18.0 Å². The number of nitrogens with one attached hydrogen (secondary N) is 3. The summed E-state index contributed by atoms with van der Waals surface area (Å²) in [5.41, 5.74) is 0. The molecule has 1 aliphatic heterocycles. The maximum atomic E-state index is 11.4. The van der Waals surface area contributed by atoms with Gasteiger partial charge in [0.1, 0.15) is 0 Å². The molecule has 7 nitrogen and oxygen atoms in total. The van der Waals surface area contributed by atoms with E-state index in [0.29, 0.717) is 13.0 Å². The van der Waals surface area contributed by atoms with Crippen molar-refractivity contribution >= 4 is 21.8 Å². The Balaban J connectivity index is 2.20. The lowest BCUT2D eigenvalue weighted by atomic mass is 10.2. The van der Waals surface area contributed by atoms with Crippen molar-refractivity contribution in [1.82, 2.24) is 16.0 Å². The van der Waals surface area contributed by atoms with Gasteiger partial charge < -0.3 is 16.0 Å². The predicted octanol–water partition coefficient (Wildman–Crippen LogP) is -1.00. The second kappa shape index (κ2) is 6.58. The third-order valence-corrected chi connectivity index (χ3v) is 4.31. The molecule has 0 spiro atoms. The van der Waals surface area contributed by atoms with E-state index >= 15 is 0 Å². The molecule has 0 aromatic rings. The van der Waals surface area contributed by atoms with Crippen LogP contribution in [0.4, 0.5) is 4.79 Å². The molecule has 0 aliphatic carbocycles. The van der Waals surface area contributed by atoms with Crippen LogP contribution in [-0.2, 0) is 14.6 Å². The molecule has 104 valence electrons. The van der Waals surface area contributed by atoms with Gasteiger partial charge in [-0.2, -0.15) is 0 Å². The zero-order valence-electron chi connectivity index (χ0n) is 10.4. The number of carbonyl (C=O) groups is 2. The predicted molar refractivity (Wildman–Crippen MR) is 66.9 cm³/mol. The molecule has 0 aromatic carbocycles. The van der Waals surface area contributed by atoms with Crippen LogP contribution in [0.3, 0.4) is 0 Å². The van der Waals surface area contributed by atoms with Crippen LogP contribution in [-0.4, -0.2) is 51.0 Å². The van der Waals surface area contributed by atoms with Gasteiger partial charge in [0, 0.05) is 12.6 Å². The average Bonchev–Trinajstić information content (AvgIpc) is 2.63. The van der Waals surface area contributed by atoms with Gasteiger partial charge in [0.15, 0.2) is 9.84 Å². The minimum atomic E-state index is -3.00. The molecule has 3 N–H and O–H groups in total. The Morgan fingerprint density at radius 1 is 1.28 bits per heavy atom. The molecule has 0 bridgehead atoms. The van der Waals surface area contributed by atoms with Crippen molar-refractivity contribution in [3.05, 3.63) is 0 Å². The second-order valence-electron chi connectivity index (χ2n) is 4.28. The van der Waals surface area contributed by atoms with E-state index in [4.69, 9.17) is 0 Å². The Hall–Kier alpha value is -1.31. The molecular formula is C10H19N3O4S. The lowest BCUT2D eigenvalue weighted by Gasteiger charge is -2.11. The third-order valence-electron chi connectivity index (χ3n) is 2.54. The molecule has 1 saturated heterocycles. The van der Waals surface area contributed by atoms with Gasteiger partial charge in [0.25, 0.3) is 0 Å². The Bertz CT molecular complexity index is 407. The molecule has 0 radical (unpaired) electrons. The van der Waals surface area contributed by atoms with Crippen molar-refractivity contribution in [2.75, 3.05) is 24.6 Å². The van der Waals surface area contributed by atoms with Gasteiger partial charge in [0.05, 0.1) is 18.1 Å². The maximum Gasteiger partial charge on any atom is 0.315 e. The first-order valence-electron chi connectivity index (χ1n) is 5.94. The molecule has 0 saturated carbocycles. The standard InChI is InChI=1S/C10H19N3O4S/c1-2-4-11-10(15)12-6-9(14)13-8-3-5-18(16,17)7-8/h8H,2-7H2,1H3,(H,13,14)(H2,11,12,15). The van der Waals surface area contributed by atoms with E-state index in [0.717, 1.165) is 6.42 Å². The van der Waals surface area contributed by atoms with Crippen LogP contribution in [0.15, 0.2) is 0 Å². The SMILES string of the molecule is CCCNC(=O)NCC(=O)NC1CCS(=O)(=O)C1. The number of hydrogen-bond donors (Lipinski definition) is 3. The van der Waals surface area contributed by atoms with Crippen molar-refractivity contribution in [1.29, 1.82) is 0 Å². The van der Waals surface area contributed by atoms with Gasteiger partial charge in [-0.3, -0.25) is 4.79 Å². The molecule has 1 atom stereocenters. The number of sulfone groups is 1. The summed E-state index contributed by atoms with van der Waals surface area (Å²) < 4.78 is 22.4. The highest BCUT2D eigenvalue weighted by Crippen LogP contribution is 2.10. The van der Waals surface area contributed by atoms with Gasteiger partial charge in [-0.25, -0.2) is 13.2 Å². The zero-order valence-corrected chi connectivity index (χ0v) is 11.2. The summed E-state index contributed by atoms with van der Waals surface area (Å²) in [6.45, 7) is 2.33. The topological polar surface area (TPSA) is 104 Å². The van der Waals surface area contributed by atoms with Crippen LogP contribution in [0.2, 0.25) is 0 Å². The number of carbonyl (C=O) groups excluding carboxylic acids is 2. The van der Waals surface area contributed by atoms with Crippen molar-refractivity contribution in [2.45, 2.75) is 25.8 Å². The van der Waals surface area contributed by atoms with Crippen LogP contribution in [0, 0.1) is 0 Å². The summed E-state index contributed by atoms with van der Waals surface area (Å²) in [7, 11) is -3.00. The molecule has 1 fully saturated rings. The quantitative estimate of drug-likeness (QED) is 0.599. The molecule has 8 heteroatoms. The number of rotatable bonds is 5. The van der Waals surface area contributed by atoms with Gasteiger partial charge in [-0.05, 0) is 12.8 Å². The summed E-state index contributed by atoms with van der Waals surface area (Å²) in [6.07, 6.45) is 1.26. The van der Waals surface area contributed by atoms with Crippen LogP contribution in [0.25, 0.3) is 0 Å². The monoisotopic (exact) mass is 277 g/mol. The van der Waals surface area contributed by atoms with Crippen LogP contribution < -0.4 is 16.0 Å². The van der Waals surface area contributed by atoms with E-state index in [2.05, 4.69) is 16.0 Å². The third kappa shape index (κ3) is 5.35. The average molecular weight is 277 g/mol. The van der Waals surface area contributed by atoms with Crippen molar-refractivity contribution in [3.63, 3.8) is 0 Å². The normalized spacial score (nSPS) is 21.3. The van der Waals surface area contributed by atoms with Gasteiger partial charge >= 0.3 is 6.03 Å². The Kier molecular flexibility index (Phi) is 5.39. The van der Waals surface area contributed by atoms with Gasteiger partial charge in [0.2, 0.25) is 5.91 Å². The van der Waals surface area contributed by atoms with E-state index in [1.54, 1.807) is 0 Å². The van der Waals surface area contributed by atoms with Crippen LogP contribution in [0.1, 0.15) is 19.8 Å². The molecule has 1 heterocycles. The Morgan fingerprint density at radius 2 is 2.00 bits per heavy atom. The smallest absolute Gasteiger partial charge is 0.315 e. The first-order valence-corrected chi connectivity index (χ1v) is 7.76. The van der Waals surface area contributed by atoms with Gasteiger partial charge in [-0.15, -0.1) is 0 Å². The van der Waals surface area contributed by atoms with Crippen molar-refractivity contribution in [3.8, 4) is 0 Å². The van der Waals surface area contributed by atoms with Crippen LogP contribution in [0.5, 0.6) is 0 Å². The molecule has 0 aromatic heterocycles. The maximum absolute atomic E-state index is 11.4. The van der Waals surface area contributed by atoms with Gasteiger partial charge in [-0.1, -0.05) is 6.92 Å². The van der Waals surface area contributed by atoms with Crippen molar-refractivity contribution in [2.24, 2.45) is 0 Å². The zero-order chi connectivity index (χ0) is 13.6.